The molecule has 24 heavy (non-hydrogen) atoms. The van der Waals surface area contributed by atoms with Gasteiger partial charge in [-0.25, -0.2) is 9.97 Å². The van der Waals surface area contributed by atoms with Crippen LogP contribution in [0.15, 0.2) is 36.7 Å². The van der Waals surface area contributed by atoms with E-state index in [1.165, 1.54) is 12.8 Å². The largest absolute Gasteiger partial charge is 0.494 e. The van der Waals surface area contributed by atoms with Crippen molar-refractivity contribution in [2.24, 2.45) is 0 Å². The Balaban J connectivity index is 1.43. The highest BCUT2D eigenvalue weighted by molar-refractivity contribution is 5.48. The van der Waals surface area contributed by atoms with Crippen molar-refractivity contribution in [1.29, 1.82) is 0 Å². The zero-order chi connectivity index (χ0) is 16.6. The highest BCUT2D eigenvalue weighted by atomic mass is 16.5. The second-order valence-electron chi connectivity index (χ2n) is 5.64. The van der Waals surface area contributed by atoms with Crippen LogP contribution in [0.1, 0.15) is 19.8 Å². The SMILES string of the molecule is CCOc1ccc(OCCNc2cc(N3CCCC3)ncn2)cc1. The number of hydrogen-bond acceptors (Lipinski definition) is 6. The van der Waals surface area contributed by atoms with Crippen molar-refractivity contribution in [1.82, 2.24) is 9.97 Å². The molecule has 1 aliphatic rings. The van der Waals surface area contributed by atoms with E-state index in [9.17, 15) is 0 Å². The predicted molar refractivity (Wildman–Crippen MR) is 95.1 cm³/mol. The molecule has 1 aromatic carbocycles. The van der Waals surface area contributed by atoms with Crippen LogP contribution in [-0.4, -0.2) is 42.8 Å². The fraction of sp³-hybridized carbons (Fsp3) is 0.444. The number of rotatable bonds is 8. The third-order valence-electron chi connectivity index (χ3n) is 3.89. The van der Waals surface area contributed by atoms with Crippen LogP contribution >= 0.6 is 0 Å². The Morgan fingerprint density at radius 1 is 1.04 bits per heavy atom. The molecule has 0 aliphatic carbocycles. The summed E-state index contributed by atoms with van der Waals surface area (Å²) in [5, 5.41) is 3.28. The van der Waals surface area contributed by atoms with Crippen molar-refractivity contribution in [3.05, 3.63) is 36.7 Å². The Kier molecular flexibility index (Phi) is 5.71. The molecule has 2 aromatic rings. The van der Waals surface area contributed by atoms with Crippen molar-refractivity contribution in [2.75, 3.05) is 43.1 Å². The van der Waals surface area contributed by atoms with Gasteiger partial charge in [0.15, 0.2) is 0 Å². The number of hydrogen-bond donors (Lipinski definition) is 1. The summed E-state index contributed by atoms with van der Waals surface area (Å²) >= 11 is 0. The molecule has 1 N–H and O–H groups in total. The van der Waals surface area contributed by atoms with Crippen LogP contribution in [-0.2, 0) is 0 Å². The Hall–Kier alpha value is -2.50. The Morgan fingerprint density at radius 3 is 2.46 bits per heavy atom. The molecule has 1 saturated heterocycles. The molecular formula is C18H24N4O2. The Bertz CT molecular complexity index is 627. The maximum absolute atomic E-state index is 5.72. The van der Waals surface area contributed by atoms with E-state index in [2.05, 4.69) is 20.2 Å². The van der Waals surface area contributed by atoms with Crippen molar-refractivity contribution in [3.8, 4) is 11.5 Å². The lowest BCUT2D eigenvalue weighted by atomic mass is 10.3. The van der Waals surface area contributed by atoms with Crippen molar-refractivity contribution in [3.63, 3.8) is 0 Å². The zero-order valence-electron chi connectivity index (χ0n) is 14.1. The van der Waals surface area contributed by atoms with Gasteiger partial charge in [0.25, 0.3) is 0 Å². The molecule has 1 fully saturated rings. The normalized spacial score (nSPS) is 13.8. The molecule has 0 atom stereocenters. The molecule has 0 amide bonds. The summed E-state index contributed by atoms with van der Waals surface area (Å²) < 4.78 is 11.1. The first-order chi connectivity index (χ1) is 11.8. The third kappa shape index (κ3) is 4.50. The second-order valence-corrected chi connectivity index (χ2v) is 5.64. The Labute approximate surface area is 142 Å². The third-order valence-corrected chi connectivity index (χ3v) is 3.89. The molecule has 0 bridgehead atoms. The standard InChI is InChI=1S/C18H24N4O2/c1-2-23-15-5-7-16(8-6-15)24-12-9-19-17-13-18(21-14-20-17)22-10-3-4-11-22/h5-8,13-14H,2-4,9-12H2,1H3,(H,19,20,21). The Morgan fingerprint density at radius 2 is 1.75 bits per heavy atom. The van der Waals surface area contributed by atoms with Crippen LogP contribution < -0.4 is 19.7 Å². The fourth-order valence-electron chi connectivity index (χ4n) is 2.71. The molecule has 0 saturated carbocycles. The lowest BCUT2D eigenvalue weighted by Gasteiger charge is -2.16. The molecule has 2 heterocycles. The van der Waals surface area contributed by atoms with E-state index in [1.54, 1.807) is 6.33 Å². The lowest BCUT2D eigenvalue weighted by Crippen LogP contribution is -2.19. The number of ether oxygens (including phenoxy) is 2. The minimum atomic E-state index is 0.567. The molecule has 1 aliphatic heterocycles. The predicted octanol–water partition coefficient (Wildman–Crippen LogP) is 2.97. The second kappa shape index (κ2) is 8.38. The molecule has 0 radical (unpaired) electrons. The summed E-state index contributed by atoms with van der Waals surface area (Å²) in [6.07, 6.45) is 4.09. The van der Waals surface area contributed by atoms with E-state index < -0.39 is 0 Å². The molecule has 0 spiro atoms. The summed E-state index contributed by atoms with van der Waals surface area (Å²) in [6, 6.07) is 9.67. The highest BCUT2D eigenvalue weighted by Gasteiger charge is 2.13. The van der Waals surface area contributed by atoms with Crippen molar-refractivity contribution < 1.29 is 9.47 Å². The maximum atomic E-state index is 5.72. The topological polar surface area (TPSA) is 59.5 Å². The van der Waals surface area contributed by atoms with Gasteiger partial charge in [-0.1, -0.05) is 0 Å². The van der Waals surface area contributed by atoms with Gasteiger partial charge in [0, 0.05) is 19.2 Å². The first-order valence-corrected chi connectivity index (χ1v) is 8.51. The van der Waals surface area contributed by atoms with Gasteiger partial charge in [0.1, 0.15) is 36.1 Å². The zero-order valence-corrected chi connectivity index (χ0v) is 14.1. The van der Waals surface area contributed by atoms with Gasteiger partial charge in [-0.15, -0.1) is 0 Å². The summed E-state index contributed by atoms with van der Waals surface area (Å²) in [5.41, 5.74) is 0. The van der Waals surface area contributed by atoms with Crippen molar-refractivity contribution in [2.45, 2.75) is 19.8 Å². The highest BCUT2D eigenvalue weighted by Crippen LogP contribution is 2.19. The fourth-order valence-corrected chi connectivity index (χ4v) is 2.71. The number of benzene rings is 1. The van der Waals surface area contributed by atoms with Gasteiger partial charge in [0.05, 0.1) is 13.2 Å². The average Bonchev–Trinajstić information content (AvgIpc) is 3.15. The van der Waals surface area contributed by atoms with Crippen LogP contribution in [0.2, 0.25) is 0 Å². The molecule has 6 heteroatoms. The van der Waals surface area contributed by atoms with Gasteiger partial charge in [-0.2, -0.15) is 0 Å². The monoisotopic (exact) mass is 328 g/mol. The first kappa shape index (κ1) is 16.4. The minimum absolute atomic E-state index is 0.567. The molecular weight excluding hydrogens is 304 g/mol. The molecule has 128 valence electrons. The van der Waals surface area contributed by atoms with Gasteiger partial charge in [-0.05, 0) is 44.0 Å². The van der Waals surface area contributed by atoms with E-state index in [-0.39, 0.29) is 0 Å². The van der Waals surface area contributed by atoms with Crippen molar-refractivity contribution >= 4 is 11.6 Å². The number of anilines is 2. The first-order valence-electron chi connectivity index (χ1n) is 8.51. The number of nitrogens with zero attached hydrogens (tertiary/aromatic N) is 3. The molecule has 3 rings (SSSR count). The summed E-state index contributed by atoms with van der Waals surface area (Å²) in [4.78, 5) is 10.9. The van der Waals surface area contributed by atoms with Crippen LogP contribution in [0.3, 0.4) is 0 Å². The van der Waals surface area contributed by atoms with E-state index >= 15 is 0 Å². The van der Waals surface area contributed by atoms with Gasteiger partial charge < -0.3 is 19.7 Å². The van der Waals surface area contributed by atoms with E-state index in [0.29, 0.717) is 19.8 Å². The number of aromatic nitrogens is 2. The van der Waals surface area contributed by atoms with E-state index in [1.807, 2.05) is 37.3 Å². The van der Waals surface area contributed by atoms with Crippen LogP contribution in [0.25, 0.3) is 0 Å². The van der Waals surface area contributed by atoms with Gasteiger partial charge in [-0.3, -0.25) is 0 Å². The van der Waals surface area contributed by atoms with E-state index in [4.69, 9.17) is 9.47 Å². The van der Waals surface area contributed by atoms with Crippen LogP contribution in [0.4, 0.5) is 11.6 Å². The van der Waals surface area contributed by atoms with Crippen LogP contribution in [0.5, 0.6) is 11.5 Å². The van der Waals surface area contributed by atoms with Crippen LogP contribution in [0, 0.1) is 0 Å². The average molecular weight is 328 g/mol. The maximum Gasteiger partial charge on any atom is 0.134 e. The van der Waals surface area contributed by atoms with Gasteiger partial charge >= 0.3 is 0 Å². The van der Waals surface area contributed by atoms with Gasteiger partial charge in [0.2, 0.25) is 0 Å². The molecule has 6 nitrogen and oxygen atoms in total. The lowest BCUT2D eigenvalue weighted by molar-refractivity contribution is 0.326. The number of nitrogens with one attached hydrogen (secondary N) is 1. The summed E-state index contributed by atoms with van der Waals surface area (Å²) in [6.45, 7) is 6.05. The summed E-state index contributed by atoms with van der Waals surface area (Å²) in [5.74, 6) is 3.53. The smallest absolute Gasteiger partial charge is 0.134 e. The minimum Gasteiger partial charge on any atom is -0.494 e. The van der Waals surface area contributed by atoms with E-state index in [0.717, 1.165) is 36.2 Å². The molecule has 1 aromatic heterocycles. The molecule has 0 unspecified atom stereocenters. The quantitative estimate of drug-likeness (QED) is 0.752. The summed E-state index contributed by atoms with van der Waals surface area (Å²) in [7, 11) is 0.